The molecule has 2 N–H and O–H groups in total. The van der Waals surface area contributed by atoms with Crippen LogP contribution in [0.1, 0.15) is 25.5 Å². The lowest BCUT2D eigenvalue weighted by Gasteiger charge is -2.27. The van der Waals surface area contributed by atoms with Gasteiger partial charge in [0, 0.05) is 24.8 Å². The Bertz CT molecular complexity index is 433. The van der Waals surface area contributed by atoms with Crippen LogP contribution in [0.4, 0.5) is 5.69 Å². The van der Waals surface area contributed by atoms with Crippen LogP contribution in [0, 0.1) is 0 Å². The molecule has 106 valence electrons. The van der Waals surface area contributed by atoms with Crippen molar-refractivity contribution in [2.24, 2.45) is 0 Å². The molecule has 0 heterocycles. The largest absolute Gasteiger partial charge is 0.496 e. The summed E-state index contributed by atoms with van der Waals surface area (Å²) < 4.78 is 5.29. The number of carbonyl (C=O) groups is 1. The van der Waals surface area contributed by atoms with E-state index in [1.165, 1.54) is 0 Å². The van der Waals surface area contributed by atoms with Crippen molar-refractivity contribution in [1.29, 1.82) is 0 Å². The molecule has 0 aliphatic rings. The molecule has 1 aromatic carbocycles. The summed E-state index contributed by atoms with van der Waals surface area (Å²) in [6.07, 6.45) is -0.662. The molecule has 0 aromatic heterocycles. The molecule has 0 spiro atoms. The van der Waals surface area contributed by atoms with Gasteiger partial charge in [-0.25, -0.2) is 0 Å². The second-order valence-corrected chi connectivity index (χ2v) is 4.26. The van der Waals surface area contributed by atoms with E-state index >= 15 is 0 Å². The zero-order chi connectivity index (χ0) is 14.4. The standard InChI is InChI=1S/C14H22N2O3/c1-5-16(9-13(18)15-3)11-7-6-8-12(19-4)14(11)10(2)17/h6-8,10,17H,5,9H2,1-4H3,(H,15,18). The molecular formula is C14H22N2O3. The van der Waals surface area contributed by atoms with Gasteiger partial charge in [-0.2, -0.15) is 0 Å². The molecular weight excluding hydrogens is 244 g/mol. The number of anilines is 1. The van der Waals surface area contributed by atoms with Crippen molar-refractivity contribution in [1.82, 2.24) is 5.32 Å². The molecule has 5 heteroatoms. The predicted octanol–water partition coefficient (Wildman–Crippen LogP) is 1.32. The molecule has 1 rings (SSSR count). The van der Waals surface area contributed by atoms with Crippen molar-refractivity contribution >= 4 is 11.6 Å². The van der Waals surface area contributed by atoms with Crippen LogP contribution in [0.15, 0.2) is 18.2 Å². The van der Waals surface area contributed by atoms with Gasteiger partial charge in [-0.1, -0.05) is 6.07 Å². The minimum atomic E-state index is -0.662. The lowest BCUT2D eigenvalue weighted by molar-refractivity contribution is -0.119. The molecule has 0 aliphatic heterocycles. The van der Waals surface area contributed by atoms with Gasteiger partial charge in [-0.3, -0.25) is 4.79 Å². The van der Waals surface area contributed by atoms with Gasteiger partial charge < -0.3 is 20.1 Å². The molecule has 0 radical (unpaired) electrons. The van der Waals surface area contributed by atoms with Gasteiger partial charge in [0.2, 0.25) is 5.91 Å². The van der Waals surface area contributed by atoms with Crippen LogP contribution in [-0.2, 0) is 4.79 Å². The molecule has 0 bridgehead atoms. The van der Waals surface area contributed by atoms with Gasteiger partial charge in [-0.05, 0) is 26.0 Å². The van der Waals surface area contributed by atoms with Gasteiger partial charge in [-0.15, -0.1) is 0 Å². The number of carbonyl (C=O) groups excluding carboxylic acids is 1. The molecule has 1 unspecified atom stereocenters. The van der Waals surface area contributed by atoms with Gasteiger partial charge in [0.1, 0.15) is 5.75 Å². The summed E-state index contributed by atoms with van der Waals surface area (Å²) in [7, 11) is 3.18. The van der Waals surface area contributed by atoms with Crippen LogP contribution in [0.5, 0.6) is 5.75 Å². The maximum absolute atomic E-state index is 11.5. The Morgan fingerprint density at radius 2 is 2.21 bits per heavy atom. The fourth-order valence-corrected chi connectivity index (χ4v) is 2.03. The number of aliphatic hydroxyl groups is 1. The fraction of sp³-hybridized carbons (Fsp3) is 0.500. The Balaban J connectivity index is 3.19. The second kappa shape index (κ2) is 6.99. The average molecular weight is 266 g/mol. The monoisotopic (exact) mass is 266 g/mol. The van der Waals surface area contributed by atoms with Crippen molar-refractivity contribution in [3.8, 4) is 5.75 Å². The van der Waals surface area contributed by atoms with Crippen LogP contribution in [-0.4, -0.2) is 38.3 Å². The molecule has 1 atom stereocenters. The number of nitrogens with one attached hydrogen (secondary N) is 1. The van der Waals surface area contributed by atoms with Crippen molar-refractivity contribution in [3.63, 3.8) is 0 Å². The van der Waals surface area contributed by atoms with E-state index in [9.17, 15) is 9.90 Å². The zero-order valence-electron chi connectivity index (χ0n) is 11.9. The molecule has 0 aliphatic carbocycles. The number of rotatable bonds is 6. The van der Waals surface area contributed by atoms with E-state index in [2.05, 4.69) is 5.32 Å². The third-order valence-corrected chi connectivity index (χ3v) is 3.02. The van der Waals surface area contributed by atoms with Crippen molar-refractivity contribution in [2.45, 2.75) is 20.0 Å². The van der Waals surface area contributed by atoms with E-state index < -0.39 is 6.10 Å². The highest BCUT2D eigenvalue weighted by molar-refractivity contribution is 5.81. The highest BCUT2D eigenvalue weighted by atomic mass is 16.5. The third kappa shape index (κ3) is 3.61. The first-order valence-electron chi connectivity index (χ1n) is 6.35. The van der Waals surface area contributed by atoms with Crippen molar-refractivity contribution in [3.05, 3.63) is 23.8 Å². The summed E-state index contributed by atoms with van der Waals surface area (Å²) in [5.41, 5.74) is 1.52. The SMILES string of the molecule is CCN(CC(=O)NC)c1cccc(OC)c1C(C)O. The van der Waals surface area contributed by atoms with Gasteiger partial charge in [0.05, 0.1) is 19.8 Å². The minimum absolute atomic E-state index is 0.0683. The van der Waals surface area contributed by atoms with Crippen LogP contribution >= 0.6 is 0 Å². The Morgan fingerprint density at radius 1 is 1.53 bits per heavy atom. The van der Waals surface area contributed by atoms with Gasteiger partial charge >= 0.3 is 0 Å². The first kappa shape index (κ1) is 15.3. The number of likely N-dealkylation sites (N-methyl/N-ethyl adjacent to an activating group) is 2. The quantitative estimate of drug-likeness (QED) is 0.815. The molecule has 0 saturated heterocycles. The van der Waals surface area contributed by atoms with E-state index in [-0.39, 0.29) is 12.5 Å². The highest BCUT2D eigenvalue weighted by Crippen LogP contribution is 2.34. The first-order valence-corrected chi connectivity index (χ1v) is 6.35. The van der Waals surface area contributed by atoms with Crippen LogP contribution < -0.4 is 15.0 Å². The zero-order valence-corrected chi connectivity index (χ0v) is 11.9. The summed E-state index contributed by atoms with van der Waals surface area (Å²) in [5, 5.41) is 12.5. The van der Waals surface area contributed by atoms with Crippen LogP contribution in [0.25, 0.3) is 0 Å². The van der Waals surface area contributed by atoms with Gasteiger partial charge in [0.25, 0.3) is 0 Å². The number of hydrogen-bond donors (Lipinski definition) is 2. The smallest absolute Gasteiger partial charge is 0.239 e. The first-order chi connectivity index (χ1) is 9.04. The molecule has 5 nitrogen and oxygen atoms in total. The summed E-state index contributed by atoms with van der Waals surface area (Å²) in [6, 6.07) is 5.54. The van der Waals surface area contributed by atoms with Crippen LogP contribution in [0.2, 0.25) is 0 Å². The summed E-state index contributed by atoms with van der Waals surface area (Å²) in [4.78, 5) is 13.4. The number of ether oxygens (including phenoxy) is 1. The maximum atomic E-state index is 11.5. The topological polar surface area (TPSA) is 61.8 Å². The van der Waals surface area contributed by atoms with Crippen molar-refractivity contribution in [2.75, 3.05) is 32.1 Å². The van der Waals surface area contributed by atoms with E-state index in [1.54, 1.807) is 27.1 Å². The van der Waals surface area contributed by atoms with Crippen LogP contribution in [0.3, 0.4) is 0 Å². The number of nitrogens with zero attached hydrogens (tertiary/aromatic N) is 1. The van der Waals surface area contributed by atoms with E-state index in [0.29, 0.717) is 17.9 Å². The number of amides is 1. The molecule has 0 saturated carbocycles. The molecule has 1 aromatic rings. The second-order valence-electron chi connectivity index (χ2n) is 4.26. The minimum Gasteiger partial charge on any atom is -0.496 e. The molecule has 1 amide bonds. The maximum Gasteiger partial charge on any atom is 0.239 e. The lowest BCUT2D eigenvalue weighted by atomic mass is 10.1. The average Bonchev–Trinajstić information content (AvgIpc) is 2.43. The summed E-state index contributed by atoms with van der Waals surface area (Å²) >= 11 is 0. The lowest BCUT2D eigenvalue weighted by Crippen LogP contribution is -2.36. The fourth-order valence-electron chi connectivity index (χ4n) is 2.03. The number of benzene rings is 1. The van der Waals surface area contributed by atoms with E-state index in [4.69, 9.17) is 4.74 Å². The summed E-state index contributed by atoms with van der Waals surface area (Å²) in [5.74, 6) is 0.559. The third-order valence-electron chi connectivity index (χ3n) is 3.02. The Morgan fingerprint density at radius 3 is 2.68 bits per heavy atom. The van der Waals surface area contributed by atoms with Gasteiger partial charge in [0.15, 0.2) is 0 Å². The normalized spacial score (nSPS) is 11.8. The predicted molar refractivity (Wildman–Crippen MR) is 75.6 cm³/mol. The number of aliphatic hydroxyl groups excluding tert-OH is 1. The Kier molecular flexibility index (Phi) is 5.63. The highest BCUT2D eigenvalue weighted by Gasteiger charge is 2.19. The number of methoxy groups -OCH3 is 1. The molecule has 0 fully saturated rings. The summed E-state index contributed by atoms with van der Waals surface area (Å²) in [6.45, 7) is 4.57. The Labute approximate surface area is 114 Å². The van der Waals surface area contributed by atoms with Crippen molar-refractivity contribution < 1.29 is 14.6 Å². The van der Waals surface area contributed by atoms with E-state index in [1.807, 2.05) is 24.0 Å². The number of hydrogen-bond acceptors (Lipinski definition) is 4. The van der Waals surface area contributed by atoms with E-state index in [0.717, 1.165) is 5.69 Å². The Hall–Kier alpha value is -1.75. The molecule has 19 heavy (non-hydrogen) atoms.